The minimum absolute atomic E-state index is 0.310. The van der Waals surface area contributed by atoms with E-state index in [-0.39, 0.29) is 0 Å². The molecule has 4 nitrogen and oxygen atoms in total. The van der Waals surface area contributed by atoms with Crippen LogP contribution < -0.4 is 5.32 Å². The summed E-state index contributed by atoms with van der Waals surface area (Å²) in [6.07, 6.45) is 0.796. The Hall–Kier alpha value is -1.32. The van der Waals surface area contributed by atoms with E-state index >= 15 is 0 Å². The molecule has 1 aromatic rings. The summed E-state index contributed by atoms with van der Waals surface area (Å²) in [4.78, 5) is 9.88. The lowest BCUT2D eigenvalue weighted by atomic mass is 10.5. The summed E-state index contributed by atoms with van der Waals surface area (Å²) in [6, 6.07) is 1.84. The lowest BCUT2D eigenvalue weighted by Gasteiger charge is -1.91. The maximum Gasteiger partial charge on any atom is 0.148 e. The second kappa shape index (κ2) is 3.00. The van der Waals surface area contributed by atoms with E-state index in [0.29, 0.717) is 12.4 Å². The zero-order valence-electron chi connectivity index (χ0n) is 5.72. The molecule has 0 aromatic carbocycles. The van der Waals surface area contributed by atoms with Crippen molar-refractivity contribution in [2.45, 2.75) is 6.92 Å². The number of rotatable bonds is 3. The Balaban J connectivity index is 2.49. The molecule has 0 radical (unpaired) electrons. The highest BCUT2D eigenvalue weighted by Crippen LogP contribution is 2.01. The van der Waals surface area contributed by atoms with Crippen LogP contribution in [0, 0.1) is 6.92 Å². The van der Waals surface area contributed by atoms with Gasteiger partial charge in [-0.15, -0.1) is 0 Å². The average molecular weight is 139 g/mol. The molecule has 1 aromatic heterocycles. The monoisotopic (exact) mass is 139 g/mol. The highest BCUT2D eigenvalue weighted by Gasteiger charge is 1.92. The molecule has 2 N–H and O–H groups in total. The third-order valence-corrected chi connectivity index (χ3v) is 1.07. The summed E-state index contributed by atoms with van der Waals surface area (Å²) in [5.74, 6) is 0.713. The van der Waals surface area contributed by atoms with E-state index in [2.05, 4.69) is 15.5 Å². The van der Waals surface area contributed by atoms with Crippen LogP contribution in [0.4, 0.5) is 5.82 Å². The predicted octanol–water partition coefficient (Wildman–Crippen LogP) is 0.329. The van der Waals surface area contributed by atoms with E-state index in [1.54, 1.807) is 0 Å². The summed E-state index contributed by atoms with van der Waals surface area (Å²) < 4.78 is 0. The van der Waals surface area contributed by atoms with Crippen molar-refractivity contribution in [3.05, 3.63) is 11.8 Å². The molecule has 1 heterocycles. The molecule has 54 valence electrons. The summed E-state index contributed by atoms with van der Waals surface area (Å²) in [6.45, 7) is 2.21. The Kier molecular flexibility index (Phi) is 2.04. The average Bonchev–Trinajstić information content (AvgIpc) is 2.31. The second-order valence-electron chi connectivity index (χ2n) is 1.98. The van der Waals surface area contributed by atoms with E-state index < -0.39 is 0 Å². The normalized spacial score (nSPS) is 9.30. The molecular weight excluding hydrogens is 130 g/mol. The maximum absolute atomic E-state index is 9.88. The van der Waals surface area contributed by atoms with Gasteiger partial charge in [0.25, 0.3) is 0 Å². The van der Waals surface area contributed by atoms with Gasteiger partial charge in [0, 0.05) is 11.8 Å². The Morgan fingerprint density at radius 1 is 1.90 bits per heavy atom. The Morgan fingerprint density at radius 2 is 2.70 bits per heavy atom. The van der Waals surface area contributed by atoms with Gasteiger partial charge in [0.05, 0.1) is 6.54 Å². The van der Waals surface area contributed by atoms with Crippen molar-refractivity contribution in [2.24, 2.45) is 0 Å². The molecule has 0 saturated heterocycles. The molecule has 0 fully saturated rings. The number of nitrogens with one attached hydrogen (secondary N) is 2. The lowest BCUT2D eigenvalue weighted by Crippen LogP contribution is -2.01. The van der Waals surface area contributed by atoms with Gasteiger partial charge in [-0.1, -0.05) is 0 Å². The number of carbonyl (C=O) groups is 1. The number of aryl methyl sites for hydroxylation is 1. The van der Waals surface area contributed by atoms with Gasteiger partial charge < -0.3 is 10.1 Å². The van der Waals surface area contributed by atoms with Crippen molar-refractivity contribution >= 4 is 12.1 Å². The van der Waals surface area contributed by atoms with Crippen molar-refractivity contribution in [3.63, 3.8) is 0 Å². The zero-order valence-corrected chi connectivity index (χ0v) is 5.72. The van der Waals surface area contributed by atoms with E-state index in [4.69, 9.17) is 0 Å². The number of H-pyrrole nitrogens is 1. The summed E-state index contributed by atoms with van der Waals surface area (Å²) >= 11 is 0. The van der Waals surface area contributed by atoms with E-state index in [1.165, 1.54) is 0 Å². The highest BCUT2D eigenvalue weighted by atomic mass is 16.1. The Labute approximate surface area is 58.6 Å². The first-order valence-corrected chi connectivity index (χ1v) is 3.02. The smallest absolute Gasteiger partial charge is 0.148 e. The predicted molar refractivity (Wildman–Crippen MR) is 37.9 cm³/mol. The molecule has 0 atom stereocenters. The van der Waals surface area contributed by atoms with Gasteiger partial charge in [0.2, 0.25) is 0 Å². The largest absolute Gasteiger partial charge is 0.362 e. The van der Waals surface area contributed by atoms with Gasteiger partial charge in [0.15, 0.2) is 0 Å². The number of aromatic amines is 1. The van der Waals surface area contributed by atoms with Crippen LogP contribution >= 0.6 is 0 Å². The summed E-state index contributed by atoms with van der Waals surface area (Å²) in [7, 11) is 0. The van der Waals surface area contributed by atoms with E-state index in [9.17, 15) is 4.79 Å². The molecule has 1 rings (SSSR count). The first-order chi connectivity index (χ1) is 4.83. The number of hydrogen-bond acceptors (Lipinski definition) is 3. The van der Waals surface area contributed by atoms with Gasteiger partial charge >= 0.3 is 0 Å². The fourth-order valence-electron chi connectivity index (χ4n) is 0.655. The number of nitrogens with zero attached hydrogens (tertiary/aromatic N) is 1. The van der Waals surface area contributed by atoms with Crippen LogP contribution in [0.3, 0.4) is 0 Å². The molecule has 4 heteroatoms. The van der Waals surface area contributed by atoms with Crippen molar-refractivity contribution in [1.82, 2.24) is 10.2 Å². The third-order valence-electron chi connectivity index (χ3n) is 1.07. The van der Waals surface area contributed by atoms with Crippen LogP contribution in [-0.2, 0) is 4.79 Å². The van der Waals surface area contributed by atoms with E-state index in [1.807, 2.05) is 13.0 Å². The van der Waals surface area contributed by atoms with Gasteiger partial charge in [-0.25, -0.2) is 0 Å². The highest BCUT2D eigenvalue weighted by molar-refractivity contribution is 5.57. The Bertz CT molecular complexity index is 219. The maximum atomic E-state index is 9.88. The van der Waals surface area contributed by atoms with Gasteiger partial charge in [0.1, 0.15) is 12.1 Å². The Morgan fingerprint density at radius 3 is 3.20 bits per heavy atom. The topological polar surface area (TPSA) is 57.8 Å². The zero-order chi connectivity index (χ0) is 7.40. The molecule has 0 amide bonds. The number of aldehydes is 1. The molecule has 0 aliphatic heterocycles. The number of carbonyl (C=O) groups excluding carboxylic acids is 1. The van der Waals surface area contributed by atoms with Crippen LogP contribution in [0.5, 0.6) is 0 Å². The molecule has 0 aliphatic rings. The van der Waals surface area contributed by atoms with Gasteiger partial charge in [-0.2, -0.15) is 5.10 Å². The fraction of sp³-hybridized carbons (Fsp3) is 0.333. The minimum Gasteiger partial charge on any atom is -0.362 e. The van der Waals surface area contributed by atoms with Crippen LogP contribution in [0.25, 0.3) is 0 Å². The molecule has 0 saturated carbocycles. The molecular formula is C6H9N3O. The number of anilines is 1. The van der Waals surface area contributed by atoms with Crippen LogP contribution in [0.2, 0.25) is 0 Å². The van der Waals surface area contributed by atoms with Crippen molar-refractivity contribution in [3.8, 4) is 0 Å². The fourth-order valence-corrected chi connectivity index (χ4v) is 0.655. The standard InChI is InChI=1S/C6H9N3O/c1-5-4-6(9-8-5)7-2-3-10/h3-4H,2H2,1H3,(H2,7,8,9). The first-order valence-electron chi connectivity index (χ1n) is 3.02. The second-order valence-corrected chi connectivity index (χ2v) is 1.98. The molecule has 0 aliphatic carbocycles. The first kappa shape index (κ1) is 6.80. The van der Waals surface area contributed by atoms with Crippen LogP contribution in [-0.4, -0.2) is 23.0 Å². The van der Waals surface area contributed by atoms with Crippen molar-refractivity contribution in [1.29, 1.82) is 0 Å². The number of hydrogen-bond donors (Lipinski definition) is 2. The SMILES string of the molecule is Cc1cc(NCC=O)n[nH]1. The van der Waals surface area contributed by atoms with Crippen LogP contribution in [0.1, 0.15) is 5.69 Å². The van der Waals surface area contributed by atoms with E-state index in [0.717, 1.165) is 12.0 Å². The summed E-state index contributed by atoms with van der Waals surface area (Å²) in [5.41, 5.74) is 0.980. The molecule has 0 bridgehead atoms. The molecule has 0 unspecified atom stereocenters. The van der Waals surface area contributed by atoms with Crippen molar-refractivity contribution in [2.75, 3.05) is 11.9 Å². The van der Waals surface area contributed by atoms with Crippen molar-refractivity contribution < 1.29 is 4.79 Å². The molecule has 10 heavy (non-hydrogen) atoms. The molecule has 0 spiro atoms. The van der Waals surface area contributed by atoms with Gasteiger partial charge in [-0.3, -0.25) is 5.10 Å². The lowest BCUT2D eigenvalue weighted by molar-refractivity contribution is -0.106. The number of aromatic nitrogens is 2. The third kappa shape index (κ3) is 1.58. The van der Waals surface area contributed by atoms with Crippen LogP contribution in [0.15, 0.2) is 6.07 Å². The summed E-state index contributed by atoms with van der Waals surface area (Å²) in [5, 5.41) is 9.41. The quantitative estimate of drug-likeness (QED) is 0.593. The van der Waals surface area contributed by atoms with Gasteiger partial charge in [-0.05, 0) is 6.92 Å². The minimum atomic E-state index is 0.310.